The van der Waals surface area contributed by atoms with E-state index in [0.717, 1.165) is 34.8 Å². The first-order chi connectivity index (χ1) is 12.6. The van der Waals surface area contributed by atoms with Crippen LogP contribution in [0.3, 0.4) is 0 Å². The molecule has 0 aliphatic heterocycles. The lowest BCUT2D eigenvalue weighted by atomic mass is 10.0. The molecule has 0 saturated heterocycles. The number of amides is 1. The fourth-order valence-electron chi connectivity index (χ4n) is 2.76. The summed E-state index contributed by atoms with van der Waals surface area (Å²) in [6.07, 6.45) is 0.848. The minimum Gasteiger partial charge on any atom is -0.497 e. The van der Waals surface area contributed by atoms with E-state index in [9.17, 15) is 4.79 Å². The van der Waals surface area contributed by atoms with Crippen molar-refractivity contribution in [2.24, 2.45) is 0 Å². The van der Waals surface area contributed by atoms with Crippen molar-refractivity contribution in [1.29, 1.82) is 0 Å². The lowest BCUT2D eigenvalue weighted by Gasteiger charge is -2.19. The quantitative estimate of drug-likeness (QED) is 0.702. The van der Waals surface area contributed by atoms with Gasteiger partial charge in [0.2, 0.25) is 5.91 Å². The van der Waals surface area contributed by atoms with Gasteiger partial charge in [-0.15, -0.1) is 11.8 Å². The number of carbonyl (C=O) groups excluding carboxylic acids is 1. The number of ether oxygens (including phenoxy) is 2. The molecule has 1 N–H and O–H groups in total. The Morgan fingerprint density at radius 3 is 2.42 bits per heavy atom. The lowest BCUT2D eigenvalue weighted by molar-refractivity contribution is -0.119. The summed E-state index contributed by atoms with van der Waals surface area (Å²) in [5.41, 5.74) is 3.37. The van der Waals surface area contributed by atoms with Gasteiger partial charge in [0, 0.05) is 5.75 Å². The molecule has 26 heavy (non-hydrogen) atoms. The Bertz CT molecular complexity index is 716. The Morgan fingerprint density at radius 2 is 1.85 bits per heavy atom. The Morgan fingerprint density at radius 1 is 1.12 bits per heavy atom. The van der Waals surface area contributed by atoms with Crippen molar-refractivity contribution in [2.75, 3.05) is 20.0 Å². The largest absolute Gasteiger partial charge is 0.497 e. The standard InChI is InChI=1S/C21H27NO3S/c1-5-19(17-8-11-20(25-4)15(2)12-17)22-21(23)14-26-13-16-6-9-18(24-3)10-7-16/h6-12,19H,5,13-14H2,1-4H3,(H,22,23)/t19-/m1/s1. The lowest BCUT2D eigenvalue weighted by Crippen LogP contribution is -2.29. The zero-order valence-corrected chi connectivity index (χ0v) is 16.7. The van der Waals surface area contributed by atoms with Crippen LogP contribution in [0, 0.1) is 6.92 Å². The van der Waals surface area contributed by atoms with Gasteiger partial charge in [-0.1, -0.05) is 31.2 Å². The average molecular weight is 374 g/mol. The number of benzene rings is 2. The predicted molar refractivity (Wildman–Crippen MR) is 108 cm³/mol. The van der Waals surface area contributed by atoms with Gasteiger partial charge in [-0.3, -0.25) is 4.79 Å². The van der Waals surface area contributed by atoms with Crippen LogP contribution < -0.4 is 14.8 Å². The molecule has 0 spiro atoms. The molecule has 2 aromatic rings. The van der Waals surface area contributed by atoms with Gasteiger partial charge < -0.3 is 14.8 Å². The van der Waals surface area contributed by atoms with Crippen molar-refractivity contribution < 1.29 is 14.3 Å². The molecule has 0 aliphatic rings. The van der Waals surface area contributed by atoms with Crippen molar-refractivity contribution >= 4 is 17.7 Å². The SMILES string of the molecule is CC[C@@H](NC(=O)CSCc1ccc(OC)cc1)c1ccc(OC)c(C)c1. The van der Waals surface area contributed by atoms with E-state index in [4.69, 9.17) is 9.47 Å². The van der Waals surface area contributed by atoms with Gasteiger partial charge in [-0.2, -0.15) is 0 Å². The first-order valence-electron chi connectivity index (χ1n) is 8.72. The summed E-state index contributed by atoms with van der Waals surface area (Å²) in [7, 11) is 3.32. The molecular weight excluding hydrogens is 346 g/mol. The van der Waals surface area contributed by atoms with E-state index in [1.807, 2.05) is 43.3 Å². The summed E-state index contributed by atoms with van der Waals surface area (Å²) < 4.78 is 10.5. The molecule has 0 heterocycles. The second kappa shape index (κ2) is 10.1. The zero-order valence-electron chi connectivity index (χ0n) is 15.9. The Hall–Kier alpha value is -2.14. The van der Waals surface area contributed by atoms with Crippen LogP contribution in [0.2, 0.25) is 0 Å². The fraction of sp³-hybridized carbons (Fsp3) is 0.381. The van der Waals surface area contributed by atoms with E-state index < -0.39 is 0 Å². The number of rotatable bonds is 9. The summed E-state index contributed by atoms with van der Waals surface area (Å²) >= 11 is 1.61. The van der Waals surface area contributed by atoms with Crippen molar-refractivity contribution in [2.45, 2.75) is 32.1 Å². The minimum absolute atomic E-state index is 0.0219. The molecule has 0 aliphatic carbocycles. The summed E-state index contributed by atoms with van der Waals surface area (Å²) in [6.45, 7) is 4.09. The molecule has 4 nitrogen and oxygen atoms in total. The molecule has 2 aromatic carbocycles. The second-order valence-corrected chi connectivity index (χ2v) is 7.08. The van der Waals surface area contributed by atoms with Crippen molar-refractivity contribution in [3.8, 4) is 11.5 Å². The topological polar surface area (TPSA) is 47.6 Å². The van der Waals surface area contributed by atoms with E-state index in [1.165, 1.54) is 5.56 Å². The van der Waals surface area contributed by atoms with Crippen molar-refractivity contribution in [3.63, 3.8) is 0 Å². The molecule has 0 fully saturated rings. The maximum Gasteiger partial charge on any atom is 0.230 e. The molecule has 5 heteroatoms. The molecule has 0 aromatic heterocycles. The van der Waals surface area contributed by atoms with E-state index in [2.05, 4.69) is 18.3 Å². The Labute approximate surface area is 160 Å². The Kier molecular flexibility index (Phi) is 7.85. The van der Waals surface area contributed by atoms with E-state index in [1.54, 1.807) is 26.0 Å². The van der Waals surface area contributed by atoms with Crippen molar-refractivity contribution in [1.82, 2.24) is 5.32 Å². The molecule has 1 amide bonds. The first kappa shape index (κ1) is 20.2. The smallest absolute Gasteiger partial charge is 0.230 e. The summed E-state index contributed by atoms with van der Waals surface area (Å²) in [6, 6.07) is 14.0. The highest BCUT2D eigenvalue weighted by Crippen LogP contribution is 2.24. The van der Waals surface area contributed by atoms with Gasteiger partial charge in [0.15, 0.2) is 0 Å². The van der Waals surface area contributed by atoms with Crippen LogP contribution >= 0.6 is 11.8 Å². The number of aryl methyl sites for hydroxylation is 1. The van der Waals surface area contributed by atoms with Gasteiger partial charge in [0.05, 0.1) is 26.0 Å². The molecule has 2 rings (SSSR count). The number of nitrogens with one attached hydrogen (secondary N) is 1. The summed E-state index contributed by atoms with van der Waals surface area (Å²) in [5, 5.41) is 3.13. The maximum atomic E-state index is 12.3. The van der Waals surface area contributed by atoms with Gasteiger partial charge in [-0.25, -0.2) is 0 Å². The Balaban J connectivity index is 1.85. The number of hydrogen-bond donors (Lipinski definition) is 1. The fourth-order valence-corrected chi connectivity index (χ4v) is 3.56. The van der Waals surface area contributed by atoms with Crippen LogP contribution in [0.5, 0.6) is 11.5 Å². The zero-order chi connectivity index (χ0) is 18.9. The normalized spacial score (nSPS) is 11.7. The van der Waals surface area contributed by atoms with Gasteiger partial charge >= 0.3 is 0 Å². The van der Waals surface area contributed by atoms with E-state index in [0.29, 0.717) is 5.75 Å². The molecule has 140 valence electrons. The second-order valence-electron chi connectivity index (χ2n) is 6.10. The van der Waals surface area contributed by atoms with Gasteiger partial charge in [0.25, 0.3) is 0 Å². The van der Waals surface area contributed by atoms with Crippen LogP contribution in [0.4, 0.5) is 0 Å². The molecule has 0 radical (unpaired) electrons. The van der Waals surface area contributed by atoms with Crippen LogP contribution in [0.1, 0.15) is 36.1 Å². The monoisotopic (exact) mass is 373 g/mol. The molecule has 0 saturated carbocycles. The minimum atomic E-state index is 0.0219. The van der Waals surface area contributed by atoms with Crippen LogP contribution in [0.15, 0.2) is 42.5 Å². The summed E-state index contributed by atoms with van der Waals surface area (Å²) in [5.74, 6) is 3.01. The van der Waals surface area contributed by atoms with Crippen LogP contribution in [-0.4, -0.2) is 25.9 Å². The number of carbonyl (C=O) groups is 1. The third-order valence-corrected chi connectivity index (χ3v) is 5.23. The average Bonchev–Trinajstić information content (AvgIpc) is 2.66. The molecular formula is C21H27NO3S. The van der Waals surface area contributed by atoms with E-state index in [-0.39, 0.29) is 11.9 Å². The highest BCUT2D eigenvalue weighted by Gasteiger charge is 2.14. The highest BCUT2D eigenvalue weighted by atomic mass is 32.2. The number of hydrogen-bond acceptors (Lipinski definition) is 4. The molecule has 0 unspecified atom stereocenters. The molecule has 0 bridgehead atoms. The van der Waals surface area contributed by atoms with Crippen LogP contribution in [-0.2, 0) is 10.5 Å². The first-order valence-corrected chi connectivity index (χ1v) is 9.87. The van der Waals surface area contributed by atoms with Gasteiger partial charge in [-0.05, 0) is 48.2 Å². The highest BCUT2D eigenvalue weighted by molar-refractivity contribution is 7.99. The molecule has 1 atom stereocenters. The third kappa shape index (κ3) is 5.70. The summed E-state index contributed by atoms with van der Waals surface area (Å²) in [4.78, 5) is 12.3. The third-order valence-electron chi connectivity index (χ3n) is 4.23. The predicted octanol–water partition coefficient (Wildman–Crippen LogP) is 4.51. The maximum absolute atomic E-state index is 12.3. The van der Waals surface area contributed by atoms with E-state index >= 15 is 0 Å². The number of thioether (sulfide) groups is 1. The van der Waals surface area contributed by atoms with Crippen LogP contribution in [0.25, 0.3) is 0 Å². The van der Waals surface area contributed by atoms with Gasteiger partial charge in [0.1, 0.15) is 11.5 Å². The van der Waals surface area contributed by atoms with Crippen molar-refractivity contribution in [3.05, 3.63) is 59.2 Å². The number of methoxy groups -OCH3 is 2.